The first-order chi connectivity index (χ1) is 5.24. The predicted molar refractivity (Wildman–Crippen MR) is 34.9 cm³/mol. The standard InChI is InChI=1S/C6H9NO4/c1-10-3-2-7-4-5(8)11-6(7)9/h2-4H2,1H3. The number of hydrogen-bond donors (Lipinski definition) is 0. The van der Waals surface area contributed by atoms with Crippen LogP contribution in [0.4, 0.5) is 4.79 Å². The maximum absolute atomic E-state index is 10.7. The Labute approximate surface area is 63.9 Å². The highest BCUT2D eigenvalue weighted by Gasteiger charge is 2.28. The van der Waals surface area contributed by atoms with Crippen molar-refractivity contribution in [2.45, 2.75) is 0 Å². The number of amides is 1. The molecule has 5 nitrogen and oxygen atoms in total. The Morgan fingerprint density at radius 3 is 2.82 bits per heavy atom. The highest BCUT2D eigenvalue weighted by Crippen LogP contribution is 2.03. The maximum Gasteiger partial charge on any atom is 0.418 e. The van der Waals surface area contributed by atoms with Gasteiger partial charge in [-0.3, -0.25) is 4.90 Å². The molecule has 1 fully saturated rings. The molecule has 1 rings (SSSR count). The van der Waals surface area contributed by atoms with Crippen LogP contribution < -0.4 is 0 Å². The van der Waals surface area contributed by atoms with Crippen LogP contribution in [0.15, 0.2) is 0 Å². The van der Waals surface area contributed by atoms with E-state index in [0.29, 0.717) is 13.2 Å². The highest BCUT2D eigenvalue weighted by molar-refractivity contribution is 5.92. The van der Waals surface area contributed by atoms with Crippen LogP contribution in [0.3, 0.4) is 0 Å². The second kappa shape index (κ2) is 3.34. The molecule has 1 amide bonds. The van der Waals surface area contributed by atoms with Crippen molar-refractivity contribution in [1.29, 1.82) is 0 Å². The van der Waals surface area contributed by atoms with Crippen LogP contribution in [-0.2, 0) is 14.3 Å². The van der Waals surface area contributed by atoms with E-state index in [-0.39, 0.29) is 6.54 Å². The lowest BCUT2D eigenvalue weighted by Crippen LogP contribution is -2.28. The van der Waals surface area contributed by atoms with E-state index in [1.165, 1.54) is 12.0 Å². The molecule has 0 radical (unpaired) electrons. The molecule has 0 unspecified atom stereocenters. The minimum Gasteiger partial charge on any atom is -0.383 e. The minimum absolute atomic E-state index is 0.0438. The normalized spacial score (nSPS) is 17.4. The van der Waals surface area contributed by atoms with Gasteiger partial charge in [-0.1, -0.05) is 0 Å². The number of carbonyl (C=O) groups is 2. The van der Waals surface area contributed by atoms with Crippen LogP contribution >= 0.6 is 0 Å². The first kappa shape index (κ1) is 8.00. The van der Waals surface area contributed by atoms with E-state index in [9.17, 15) is 9.59 Å². The molecule has 0 atom stereocenters. The number of hydrogen-bond acceptors (Lipinski definition) is 4. The van der Waals surface area contributed by atoms with Crippen LogP contribution in [0.2, 0.25) is 0 Å². The quantitative estimate of drug-likeness (QED) is 0.415. The summed E-state index contributed by atoms with van der Waals surface area (Å²) in [6, 6.07) is 0. The van der Waals surface area contributed by atoms with Gasteiger partial charge in [0.25, 0.3) is 0 Å². The number of cyclic esters (lactones) is 2. The summed E-state index contributed by atoms with van der Waals surface area (Å²) in [6.45, 7) is 0.867. The lowest BCUT2D eigenvalue weighted by atomic mass is 10.5. The monoisotopic (exact) mass is 159 g/mol. The summed E-state index contributed by atoms with van der Waals surface area (Å²) in [5, 5.41) is 0. The van der Waals surface area contributed by atoms with E-state index < -0.39 is 12.1 Å². The molecular formula is C6H9NO4. The van der Waals surface area contributed by atoms with Gasteiger partial charge < -0.3 is 9.47 Å². The van der Waals surface area contributed by atoms with Crippen LogP contribution in [-0.4, -0.2) is 43.8 Å². The fraction of sp³-hybridized carbons (Fsp3) is 0.667. The predicted octanol–water partition coefficient (Wildman–Crippen LogP) is -0.388. The third kappa shape index (κ3) is 1.91. The second-order valence-electron chi connectivity index (χ2n) is 2.15. The van der Waals surface area contributed by atoms with Crippen molar-refractivity contribution < 1.29 is 19.1 Å². The SMILES string of the molecule is COCCN1CC(=O)OC1=O. The average Bonchev–Trinajstić information content (AvgIpc) is 2.26. The topological polar surface area (TPSA) is 55.8 Å². The van der Waals surface area contributed by atoms with Crippen molar-refractivity contribution in [1.82, 2.24) is 4.90 Å². The van der Waals surface area contributed by atoms with Gasteiger partial charge in [-0.25, -0.2) is 9.59 Å². The molecule has 5 heteroatoms. The van der Waals surface area contributed by atoms with E-state index in [0.717, 1.165) is 0 Å². The molecule has 0 saturated carbocycles. The number of carbonyl (C=O) groups excluding carboxylic acids is 2. The Morgan fingerprint density at radius 1 is 1.64 bits per heavy atom. The first-order valence-corrected chi connectivity index (χ1v) is 3.22. The molecule has 1 heterocycles. The zero-order valence-electron chi connectivity index (χ0n) is 6.20. The van der Waals surface area contributed by atoms with Gasteiger partial charge in [0.1, 0.15) is 6.54 Å². The van der Waals surface area contributed by atoms with Crippen molar-refractivity contribution in [2.24, 2.45) is 0 Å². The van der Waals surface area contributed by atoms with Gasteiger partial charge in [-0.15, -0.1) is 0 Å². The molecule has 1 aliphatic rings. The van der Waals surface area contributed by atoms with Crippen molar-refractivity contribution in [3.8, 4) is 0 Å². The Kier molecular flexibility index (Phi) is 2.43. The van der Waals surface area contributed by atoms with Crippen molar-refractivity contribution >= 4 is 12.1 Å². The summed E-state index contributed by atoms with van der Waals surface area (Å²) in [5.74, 6) is -0.494. The van der Waals surface area contributed by atoms with E-state index in [2.05, 4.69) is 4.74 Å². The number of methoxy groups -OCH3 is 1. The molecule has 62 valence electrons. The molecule has 1 aliphatic heterocycles. The summed E-state index contributed by atoms with van der Waals surface area (Å²) >= 11 is 0. The van der Waals surface area contributed by atoms with Gasteiger partial charge >= 0.3 is 12.1 Å². The zero-order valence-corrected chi connectivity index (χ0v) is 6.20. The van der Waals surface area contributed by atoms with Crippen LogP contribution in [0.25, 0.3) is 0 Å². The molecule has 0 N–H and O–H groups in total. The Bertz CT molecular complexity index is 179. The summed E-state index contributed by atoms with van der Waals surface area (Å²) < 4.78 is 8.99. The van der Waals surface area contributed by atoms with E-state index in [1.54, 1.807) is 0 Å². The van der Waals surface area contributed by atoms with Crippen LogP contribution in [0.1, 0.15) is 0 Å². The van der Waals surface area contributed by atoms with E-state index in [1.807, 2.05) is 0 Å². The largest absolute Gasteiger partial charge is 0.418 e. The Morgan fingerprint density at radius 2 is 2.36 bits per heavy atom. The average molecular weight is 159 g/mol. The molecule has 0 bridgehead atoms. The van der Waals surface area contributed by atoms with Gasteiger partial charge in [-0.05, 0) is 0 Å². The van der Waals surface area contributed by atoms with Crippen molar-refractivity contribution in [3.05, 3.63) is 0 Å². The van der Waals surface area contributed by atoms with Crippen LogP contribution in [0.5, 0.6) is 0 Å². The molecular weight excluding hydrogens is 150 g/mol. The maximum atomic E-state index is 10.7. The Hall–Kier alpha value is -1.10. The second-order valence-corrected chi connectivity index (χ2v) is 2.15. The van der Waals surface area contributed by atoms with Crippen LogP contribution in [0, 0.1) is 0 Å². The lowest BCUT2D eigenvalue weighted by Gasteiger charge is -2.08. The summed E-state index contributed by atoms with van der Waals surface area (Å²) in [6.07, 6.45) is -0.577. The van der Waals surface area contributed by atoms with Gasteiger partial charge in [0.2, 0.25) is 0 Å². The fourth-order valence-corrected chi connectivity index (χ4v) is 0.786. The summed E-state index contributed by atoms with van der Waals surface area (Å²) in [4.78, 5) is 22.5. The smallest absolute Gasteiger partial charge is 0.383 e. The molecule has 0 aromatic carbocycles. The molecule has 0 aliphatic carbocycles. The summed E-state index contributed by atoms with van der Waals surface area (Å²) in [5.41, 5.74) is 0. The third-order valence-corrected chi connectivity index (χ3v) is 1.34. The van der Waals surface area contributed by atoms with Crippen molar-refractivity contribution in [3.63, 3.8) is 0 Å². The number of rotatable bonds is 3. The minimum atomic E-state index is -0.577. The first-order valence-electron chi connectivity index (χ1n) is 3.22. The van der Waals surface area contributed by atoms with Gasteiger partial charge in [0.05, 0.1) is 6.61 Å². The van der Waals surface area contributed by atoms with E-state index in [4.69, 9.17) is 4.74 Å². The molecule has 1 saturated heterocycles. The molecule has 0 aromatic heterocycles. The highest BCUT2D eigenvalue weighted by atomic mass is 16.6. The number of nitrogens with zero attached hydrogens (tertiary/aromatic N) is 1. The summed E-state index contributed by atoms with van der Waals surface area (Å²) in [7, 11) is 1.53. The Balaban J connectivity index is 2.34. The van der Waals surface area contributed by atoms with Crippen molar-refractivity contribution in [2.75, 3.05) is 26.8 Å². The lowest BCUT2D eigenvalue weighted by molar-refractivity contribution is -0.132. The fourth-order valence-electron chi connectivity index (χ4n) is 0.786. The van der Waals surface area contributed by atoms with Gasteiger partial charge in [0.15, 0.2) is 0 Å². The molecule has 0 spiro atoms. The number of ether oxygens (including phenoxy) is 2. The van der Waals surface area contributed by atoms with Gasteiger partial charge in [-0.2, -0.15) is 0 Å². The third-order valence-electron chi connectivity index (χ3n) is 1.34. The van der Waals surface area contributed by atoms with Gasteiger partial charge in [0, 0.05) is 13.7 Å². The van der Waals surface area contributed by atoms with E-state index >= 15 is 0 Å². The number of esters is 1. The molecule has 0 aromatic rings. The molecule has 11 heavy (non-hydrogen) atoms. The zero-order chi connectivity index (χ0) is 8.27.